The highest BCUT2D eigenvalue weighted by Crippen LogP contribution is 2.01. The van der Waals surface area contributed by atoms with Crippen LogP contribution in [0.3, 0.4) is 0 Å². The van der Waals surface area contributed by atoms with Gasteiger partial charge in [0.2, 0.25) is 0 Å². The van der Waals surface area contributed by atoms with Gasteiger partial charge in [0.15, 0.2) is 0 Å². The zero-order valence-corrected chi connectivity index (χ0v) is 6.99. The Labute approximate surface area is 66.7 Å². The fourth-order valence-electron chi connectivity index (χ4n) is 0.953. The van der Waals surface area contributed by atoms with Crippen molar-refractivity contribution in [2.75, 3.05) is 0 Å². The highest BCUT2D eigenvalue weighted by Gasteiger charge is 1.99. The number of aryl methyl sites for hydroxylation is 2. The lowest BCUT2D eigenvalue weighted by molar-refractivity contribution is 0.184. The lowest BCUT2D eigenvalue weighted by Crippen LogP contribution is -2.02. The second-order valence-corrected chi connectivity index (χ2v) is 2.87. The lowest BCUT2D eigenvalue weighted by atomic mass is 10.2. The second kappa shape index (κ2) is 3.53. The molecule has 0 aliphatic heterocycles. The van der Waals surface area contributed by atoms with Crippen LogP contribution in [0, 0.1) is 0 Å². The highest BCUT2D eigenvalue weighted by molar-refractivity contribution is 4.98. The number of hydrogen-bond acceptors (Lipinski definition) is 2. The predicted molar refractivity (Wildman–Crippen MR) is 43.2 cm³/mol. The molecule has 0 spiro atoms. The van der Waals surface area contributed by atoms with Crippen molar-refractivity contribution >= 4 is 0 Å². The van der Waals surface area contributed by atoms with Gasteiger partial charge in [-0.15, -0.1) is 0 Å². The van der Waals surface area contributed by atoms with Crippen molar-refractivity contribution in [1.82, 2.24) is 9.78 Å². The van der Waals surface area contributed by atoms with Gasteiger partial charge in [-0.25, -0.2) is 0 Å². The number of aliphatic hydroxyl groups excluding tert-OH is 1. The summed E-state index contributed by atoms with van der Waals surface area (Å²) in [4.78, 5) is 0. The topological polar surface area (TPSA) is 38.0 Å². The Kier molecular flexibility index (Phi) is 2.65. The molecule has 0 aliphatic carbocycles. The Hall–Kier alpha value is -0.830. The number of aromatic nitrogens is 2. The third-order valence-electron chi connectivity index (χ3n) is 1.59. The van der Waals surface area contributed by atoms with Crippen molar-refractivity contribution in [2.45, 2.75) is 25.9 Å². The molecule has 0 bridgehead atoms. The first-order valence-electron chi connectivity index (χ1n) is 3.85. The molecule has 0 amide bonds. The zero-order valence-electron chi connectivity index (χ0n) is 6.99. The zero-order chi connectivity index (χ0) is 8.27. The molecule has 11 heavy (non-hydrogen) atoms. The molecular formula is C8H14N2O. The van der Waals surface area contributed by atoms with Gasteiger partial charge < -0.3 is 5.11 Å². The Balaban J connectivity index is 2.39. The van der Waals surface area contributed by atoms with Crippen LogP contribution < -0.4 is 0 Å². The third kappa shape index (κ3) is 2.72. The van der Waals surface area contributed by atoms with Gasteiger partial charge >= 0.3 is 0 Å². The first-order valence-corrected chi connectivity index (χ1v) is 3.85. The SMILES string of the molecule is C[C@@H](O)CCc1ccn(C)n1. The molecule has 1 heterocycles. The molecule has 0 unspecified atom stereocenters. The molecule has 1 aromatic rings. The summed E-state index contributed by atoms with van der Waals surface area (Å²) in [5, 5.41) is 13.2. The molecule has 0 aliphatic rings. The van der Waals surface area contributed by atoms with Crippen LogP contribution in [-0.4, -0.2) is 21.0 Å². The van der Waals surface area contributed by atoms with E-state index in [9.17, 15) is 0 Å². The third-order valence-corrected chi connectivity index (χ3v) is 1.59. The molecule has 1 aromatic heterocycles. The number of hydrogen-bond donors (Lipinski definition) is 1. The van der Waals surface area contributed by atoms with Crippen LogP contribution in [0.15, 0.2) is 12.3 Å². The van der Waals surface area contributed by atoms with Crippen molar-refractivity contribution in [3.8, 4) is 0 Å². The van der Waals surface area contributed by atoms with E-state index in [1.165, 1.54) is 0 Å². The van der Waals surface area contributed by atoms with Crippen LogP contribution in [0.5, 0.6) is 0 Å². The average Bonchev–Trinajstić information content (AvgIpc) is 2.31. The van der Waals surface area contributed by atoms with Crippen molar-refractivity contribution in [1.29, 1.82) is 0 Å². The largest absolute Gasteiger partial charge is 0.393 e. The highest BCUT2D eigenvalue weighted by atomic mass is 16.3. The molecule has 1 N–H and O–H groups in total. The normalized spacial score (nSPS) is 13.4. The standard InChI is InChI=1S/C8H14N2O/c1-7(11)3-4-8-5-6-10(2)9-8/h5-7,11H,3-4H2,1-2H3/t7-/m1/s1. The predicted octanol–water partition coefficient (Wildman–Crippen LogP) is 0.733. The van der Waals surface area contributed by atoms with E-state index in [-0.39, 0.29) is 6.10 Å². The van der Waals surface area contributed by atoms with E-state index < -0.39 is 0 Å². The molecular weight excluding hydrogens is 140 g/mol. The van der Waals surface area contributed by atoms with Gasteiger partial charge in [0.25, 0.3) is 0 Å². The second-order valence-electron chi connectivity index (χ2n) is 2.87. The molecule has 0 fully saturated rings. The Morgan fingerprint density at radius 3 is 2.91 bits per heavy atom. The number of nitrogens with zero attached hydrogens (tertiary/aromatic N) is 2. The first-order chi connectivity index (χ1) is 5.18. The van der Waals surface area contributed by atoms with Crippen LogP contribution >= 0.6 is 0 Å². The Morgan fingerprint density at radius 1 is 1.73 bits per heavy atom. The van der Waals surface area contributed by atoms with Crippen LogP contribution in [0.2, 0.25) is 0 Å². The van der Waals surface area contributed by atoms with Gasteiger partial charge in [0.05, 0.1) is 11.8 Å². The van der Waals surface area contributed by atoms with Gasteiger partial charge in [0.1, 0.15) is 0 Å². The fraction of sp³-hybridized carbons (Fsp3) is 0.625. The lowest BCUT2D eigenvalue weighted by Gasteiger charge is -1.99. The van der Waals surface area contributed by atoms with E-state index in [1.54, 1.807) is 11.6 Å². The summed E-state index contributed by atoms with van der Waals surface area (Å²) in [6, 6.07) is 1.97. The summed E-state index contributed by atoms with van der Waals surface area (Å²) in [5.74, 6) is 0. The molecule has 1 rings (SSSR count). The van der Waals surface area contributed by atoms with Crippen LogP contribution in [0.4, 0.5) is 0 Å². The Bertz CT molecular complexity index is 218. The minimum atomic E-state index is -0.225. The van der Waals surface area contributed by atoms with Gasteiger partial charge in [-0.1, -0.05) is 0 Å². The summed E-state index contributed by atoms with van der Waals surface area (Å²) < 4.78 is 1.78. The smallest absolute Gasteiger partial charge is 0.0625 e. The molecule has 0 saturated heterocycles. The molecule has 0 saturated carbocycles. The summed E-state index contributed by atoms with van der Waals surface area (Å²) >= 11 is 0. The van der Waals surface area contributed by atoms with Crippen LogP contribution in [-0.2, 0) is 13.5 Å². The molecule has 3 nitrogen and oxygen atoms in total. The van der Waals surface area contributed by atoms with Gasteiger partial charge in [-0.3, -0.25) is 4.68 Å². The number of aliphatic hydroxyl groups is 1. The minimum Gasteiger partial charge on any atom is -0.393 e. The van der Waals surface area contributed by atoms with E-state index >= 15 is 0 Å². The number of rotatable bonds is 3. The summed E-state index contributed by atoms with van der Waals surface area (Å²) in [5.41, 5.74) is 1.05. The van der Waals surface area contributed by atoms with Gasteiger partial charge in [0, 0.05) is 13.2 Å². The van der Waals surface area contributed by atoms with Crippen LogP contribution in [0.25, 0.3) is 0 Å². The monoisotopic (exact) mass is 154 g/mol. The van der Waals surface area contributed by atoms with Crippen molar-refractivity contribution in [3.05, 3.63) is 18.0 Å². The van der Waals surface area contributed by atoms with E-state index in [0.29, 0.717) is 0 Å². The first kappa shape index (κ1) is 8.27. The van der Waals surface area contributed by atoms with Crippen molar-refractivity contribution in [3.63, 3.8) is 0 Å². The average molecular weight is 154 g/mol. The molecule has 3 heteroatoms. The fourth-order valence-corrected chi connectivity index (χ4v) is 0.953. The van der Waals surface area contributed by atoms with E-state index in [4.69, 9.17) is 5.11 Å². The molecule has 0 aromatic carbocycles. The summed E-state index contributed by atoms with van der Waals surface area (Å²) in [6.45, 7) is 1.79. The Morgan fingerprint density at radius 2 is 2.45 bits per heavy atom. The van der Waals surface area contributed by atoms with Gasteiger partial charge in [-0.2, -0.15) is 5.10 Å². The molecule has 62 valence electrons. The maximum absolute atomic E-state index is 8.99. The minimum absolute atomic E-state index is 0.225. The summed E-state index contributed by atoms with van der Waals surface area (Å²) in [7, 11) is 1.89. The molecule has 0 radical (unpaired) electrons. The van der Waals surface area contributed by atoms with E-state index in [1.807, 2.05) is 19.3 Å². The van der Waals surface area contributed by atoms with Crippen molar-refractivity contribution in [2.24, 2.45) is 7.05 Å². The van der Waals surface area contributed by atoms with E-state index in [0.717, 1.165) is 18.5 Å². The van der Waals surface area contributed by atoms with Crippen LogP contribution in [0.1, 0.15) is 19.0 Å². The maximum atomic E-state index is 8.99. The van der Waals surface area contributed by atoms with Crippen molar-refractivity contribution < 1.29 is 5.11 Å². The van der Waals surface area contributed by atoms with E-state index in [2.05, 4.69) is 5.10 Å². The summed E-state index contributed by atoms with van der Waals surface area (Å²) in [6.07, 6.45) is 3.34. The maximum Gasteiger partial charge on any atom is 0.0625 e. The quantitative estimate of drug-likeness (QED) is 0.697. The van der Waals surface area contributed by atoms with Gasteiger partial charge in [-0.05, 0) is 25.8 Å². The molecule has 1 atom stereocenters.